The predicted molar refractivity (Wildman–Crippen MR) is 92.2 cm³/mol. The van der Waals surface area contributed by atoms with Gasteiger partial charge in [0, 0.05) is 13.1 Å². The molecule has 1 aromatic carbocycles. The summed E-state index contributed by atoms with van der Waals surface area (Å²) in [7, 11) is 1.59. The lowest BCUT2D eigenvalue weighted by Gasteiger charge is -2.22. The lowest BCUT2D eigenvalue weighted by molar-refractivity contribution is -0.132. The van der Waals surface area contributed by atoms with Crippen molar-refractivity contribution < 1.29 is 24.2 Å². The van der Waals surface area contributed by atoms with Crippen molar-refractivity contribution in [2.24, 2.45) is 5.92 Å². The van der Waals surface area contributed by atoms with Crippen molar-refractivity contribution in [3.8, 4) is 5.75 Å². The zero-order chi connectivity index (χ0) is 18.4. The third-order valence-corrected chi connectivity index (χ3v) is 3.87. The van der Waals surface area contributed by atoms with Gasteiger partial charge < -0.3 is 19.5 Å². The number of ether oxygens (including phenoxy) is 2. The maximum atomic E-state index is 12.5. The number of rotatable bonds is 5. The van der Waals surface area contributed by atoms with Crippen LogP contribution in [0.1, 0.15) is 19.4 Å². The van der Waals surface area contributed by atoms with Crippen molar-refractivity contribution in [1.29, 1.82) is 0 Å². The van der Waals surface area contributed by atoms with Crippen LogP contribution in [-0.4, -0.2) is 66.4 Å². The first kappa shape index (κ1) is 19.1. The van der Waals surface area contributed by atoms with E-state index in [1.165, 1.54) is 4.90 Å². The lowest BCUT2D eigenvalue weighted by Crippen LogP contribution is -2.40. The number of aliphatic hydroxyl groups excluding tert-OH is 1. The molecule has 1 N–H and O–H groups in total. The highest BCUT2D eigenvalue weighted by molar-refractivity contribution is 5.83. The molecular formula is C18H26N2O5. The molecule has 25 heavy (non-hydrogen) atoms. The fraction of sp³-hybridized carbons (Fsp3) is 0.556. The van der Waals surface area contributed by atoms with Crippen molar-refractivity contribution in [2.45, 2.75) is 26.5 Å². The Kier molecular flexibility index (Phi) is 6.64. The van der Waals surface area contributed by atoms with Gasteiger partial charge in [-0.3, -0.25) is 9.69 Å². The van der Waals surface area contributed by atoms with Crippen LogP contribution in [0.15, 0.2) is 24.3 Å². The number of hydrogen-bond donors (Lipinski definition) is 1. The van der Waals surface area contributed by atoms with Gasteiger partial charge in [0.05, 0.1) is 26.4 Å². The molecule has 1 aliphatic rings. The molecule has 7 heteroatoms. The number of carbonyl (C=O) groups is 2. The van der Waals surface area contributed by atoms with Gasteiger partial charge in [0.2, 0.25) is 5.91 Å². The Labute approximate surface area is 148 Å². The van der Waals surface area contributed by atoms with Gasteiger partial charge in [0.1, 0.15) is 12.3 Å². The Balaban J connectivity index is 2.00. The highest BCUT2D eigenvalue weighted by Gasteiger charge is 2.30. The van der Waals surface area contributed by atoms with Crippen LogP contribution in [0.2, 0.25) is 0 Å². The van der Waals surface area contributed by atoms with Crippen molar-refractivity contribution in [3.05, 3.63) is 29.8 Å². The zero-order valence-corrected chi connectivity index (χ0v) is 15.0. The summed E-state index contributed by atoms with van der Waals surface area (Å²) in [4.78, 5) is 27.4. The van der Waals surface area contributed by atoms with Crippen LogP contribution in [0.25, 0.3) is 0 Å². The van der Waals surface area contributed by atoms with Crippen molar-refractivity contribution >= 4 is 12.0 Å². The summed E-state index contributed by atoms with van der Waals surface area (Å²) in [5, 5.41) is 10.2. The van der Waals surface area contributed by atoms with E-state index in [9.17, 15) is 14.7 Å². The monoisotopic (exact) mass is 350 g/mol. The van der Waals surface area contributed by atoms with Crippen LogP contribution >= 0.6 is 0 Å². The zero-order valence-electron chi connectivity index (χ0n) is 15.0. The van der Waals surface area contributed by atoms with Gasteiger partial charge in [-0.15, -0.1) is 0 Å². The first-order valence-electron chi connectivity index (χ1n) is 8.39. The van der Waals surface area contributed by atoms with Crippen LogP contribution in [-0.2, 0) is 16.1 Å². The van der Waals surface area contributed by atoms with Crippen LogP contribution in [0.4, 0.5) is 4.79 Å². The molecular weight excluding hydrogens is 324 g/mol. The second kappa shape index (κ2) is 8.71. The van der Waals surface area contributed by atoms with Gasteiger partial charge in [-0.2, -0.15) is 0 Å². The van der Waals surface area contributed by atoms with E-state index in [1.807, 2.05) is 38.1 Å². The lowest BCUT2D eigenvalue weighted by atomic mass is 10.2. The average Bonchev–Trinajstić information content (AvgIpc) is 2.72. The molecule has 138 valence electrons. The van der Waals surface area contributed by atoms with E-state index in [1.54, 1.807) is 12.0 Å². The SMILES string of the molecule is COc1ccc(CN2CC(O)CN(C(=O)OCC(C)C)CC2=O)cc1. The summed E-state index contributed by atoms with van der Waals surface area (Å²) in [6.07, 6.45) is -1.37. The number of hydrogen-bond acceptors (Lipinski definition) is 5. The van der Waals surface area contributed by atoms with E-state index in [0.29, 0.717) is 6.54 Å². The molecule has 1 atom stereocenters. The smallest absolute Gasteiger partial charge is 0.410 e. The highest BCUT2D eigenvalue weighted by atomic mass is 16.6. The highest BCUT2D eigenvalue weighted by Crippen LogP contribution is 2.15. The molecule has 1 heterocycles. The van der Waals surface area contributed by atoms with E-state index < -0.39 is 12.2 Å². The standard InChI is InChI=1S/C18H26N2O5/c1-13(2)12-25-18(23)20-10-15(21)9-19(17(22)11-20)8-14-4-6-16(24-3)7-5-14/h4-7,13,15,21H,8-12H2,1-3H3. The molecule has 0 saturated carbocycles. The Bertz CT molecular complexity index is 588. The largest absolute Gasteiger partial charge is 0.497 e. The molecule has 2 rings (SSSR count). The number of aliphatic hydroxyl groups is 1. The minimum atomic E-state index is -0.809. The van der Waals surface area contributed by atoms with Crippen LogP contribution in [0.3, 0.4) is 0 Å². The number of benzene rings is 1. The molecule has 0 aliphatic carbocycles. The molecule has 0 bridgehead atoms. The normalized spacial score (nSPS) is 18.3. The fourth-order valence-electron chi connectivity index (χ4n) is 2.57. The summed E-state index contributed by atoms with van der Waals surface area (Å²) < 4.78 is 10.3. The maximum absolute atomic E-state index is 12.5. The summed E-state index contributed by atoms with van der Waals surface area (Å²) >= 11 is 0. The summed E-state index contributed by atoms with van der Waals surface area (Å²) in [5.74, 6) is 0.738. The Morgan fingerprint density at radius 1 is 1.28 bits per heavy atom. The van der Waals surface area contributed by atoms with Gasteiger partial charge >= 0.3 is 6.09 Å². The first-order chi connectivity index (χ1) is 11.9. The molecule has 0 radical (unpaired) electrons. The minimum Gasteiger partial charge on any atom is -0.497 e. The van der Waals surface area contributed by atoms with Crippen LogP contribution in [0, 0.1) is 5.92 Å². The maximum Gasteiger partial charge on any atom is 0.410 e. The summed E-state index contributed by atoms with van der Waals surface area (Å²) in [6, 6.07) is 7.39. The molecule has 1 aliphatic heterocycles. The van der Waals surface area contributed by atoms with E-state index in [0.717, 1.165) is 11.3 Å². The summed E-state index contributed by atoms with van der Waals surface area (Å²) in [6.45, 7) is 4.70. The first-order valence-corrected chi connectivity index (χ1v) is 8.39. The number of methoxy groups -OCH3 is 1. The number of nitrogens with zero attached hydrogens (tertiary/aromatic N) is 2. The van der Waals surface area contributed by atoms with Crippen molar-refractivity contribution in [1.82, 2.24) is 9.80 Å². The van der Waals surface area contributed by atoms with E-state index in [4.69, 9.17) is 9.47 Å². The van der Waals surface area contributed by atoms with Crippen molar-refractivity contribution in [2.75, 3.05) is 33.4 Å². The van der Waals surface area contributed by atoms with Gasteiger partial charge in [0.25, 0.3) is 0 Å². The molecule has 2 amide bonds. The number of carbonyl (C=O) groups excluding carboxylic acids is 2. The Morgan fingerprint density at radius 2 is 1.96 bits per heavy atom. The van der Waals surface area contributed by atoms with Gasteiger partial charge in [-0.25, -0.2) is 4.79 Å². The molecule has 0 aromatic heterocycles. The van der Waals surface area contributed by atoms with Crippen LogP contribution in [0.5, 0.6) is 5.75 Å². The second-order valence-corrected chi connectivity index (χ2v) is 6.63. The van der Waals surface area contributed by atoms with E-state index in [2.05, 4.69) is 0 Å². The molecule has 1 saturated heterocycles. The number of amides is 2. The predicted octanol–water partition coefficient (Wildman–Crippen LogP) is 1.49. The third-order valence-electron chi connectivity index (χ3n) is 3.87. The van der Waals surface area contributed by atoms with Gasteiger partial charge in [-0.1, -0.05) is 26.0 Å². The van der Waals surface area contributed by atoms with Gasteiger partial charge in [-0.05, 0) is 23.6 Å². The molecule has 1 unspecified atom stereocenters. The van der Waals surface area contributed by atoms with E-state index >= 15 is 0 Å². The average molecular weight is 350 g/mol. The molecule has 1 aromatic rings. The molecule has 7 nitrogen and oxygen atoms in total. The second-order valence-electron chi connectivity index (χ2n) is 6.63. The van der Waals surface area contributed by atoms with E-state index in [-0.39, 0.29) is 38.1 Å². The minimum absolute atomic E-state index is 0.0851. The van der Waals surface area contributed by atoms with Crippen molar-refractivity contribution in [3.63, 3.8) is 0 Å². The fourth-order valence-corrected chi connectivity index (χ4v) is 2.57. The topological polar surface area (TPSA) is 79.3 Å². The number of β-amino-alcohol motifs (C(OH)–C–C–N with tert-alkyl or cyclic N) is 1. The third kappa shape index (κ3) is 5.63. The summed E-state index contributed by atoms with van der Waals surface area (Å²) in [5.41, 5.74) is 0.928. The molecule has 0 spiro atoms. The Hall–Kier alpha value is -2.28. The van der Waals surface area contributed by atoms with Gasteiger partial charge in [0.15, 0.2) is 0 Å². The molecule has 1 fully saturated rings. The van der Waals surface area contributed by atoms with Crippen LogP contribution < -0.4 is 4.74 Å². The quantitative estimate of drug-likeness (QED) is 0.870. The Morgan fingerprint density at radius 3 is 2.56 bits per heavy atom.